The zero-order chi connectivity index (χ0) is 11.5. The Bertz CT molecular complexity index is 442. The first-order valence-electron chi connectivity index (χ1n) is 4.95. The number of carbonyl (C=O) groups is 1. The molecule has 1 fully saturated rings. The van der Waals surface area contributed by atoms with Gasteiger partial charge in [0.25, 0.3) is 0 Å². The molecule has 0 atom stereocenters. The van der Waals surface area contributed by atoms with Crippen LogP contribution >= 0.6 is 23.2 Å². The Morgan fingerprint density at radius 2 is 2.19 bits per heavy atom. The van der Waals surface area contributed by atoms with E-state index in [-0.39, 0.29) is 11.8 Å². The molecule has 1 aliphatic rings. The van der Waals surface area contributed by atoms with Gasteiger partial charge in [-0.05, 0) is 18.9 Å². The van der Waals surface area contributed by atoms with Crippen molar-refractivity contribution in [2.24, 2.45) is 11.0 Å². The van der Waals surface area contributed by atoms with Crippen molar-refractivity contribution in [3.05, 3.63) is 33.8 Å². The highest BCUT2D eigenvalue weighted by Crippen LogP contribution is 2.28. The molecule has 0 aliphatic heterocycles. The summed E-state index contributed by atoms with van der Waals surface area (Å²) in [6.45, 7) is 0. The van der Waals surface area contributed by atoms with Gasteiger partial charge in [-0.2, -0.15) is 5.10 Å². The van der Waals surface area contributed by atoms with Crippen LogP contribution in [0.2, 0.25) is 10.0 Å². The van der Waals surface area contributed by atoms with E-state index in [1.807, 2.05) is 0 Å². The molecule has 0 saturated heterocycles. The first-order valence-corrected chi connectivity index (χ1v) is 5.71. The smallest absolute Gasteiger partial charge is 0.243 e. The number of carbonyl (C=O) groups excluding carboxylic acids is 1. The number of nitrogens with one attached hydrogen (secondary N) is 1. The van der Waals surface area contributed by atoms with Crippen LogP contribution in [0.4, 0.5) is 0 Å². The molecule has 5 heteroatoms. The summed E-state index contributed by atoms with van der Waals surface area (Å²) in [6, 6.07) is 5.25. The summed E-state index contributed by atoms with van der Waals surface area (Å²) < 4.78 is 0. The van der Waals surface area contributed by atoms with E-state index in [1.54, 1.807) is 18.2 Å². The summed E-state index contributed by atoms with van der Waals surface area (Å²) in [5.41, 5.74) is 3.15. The highest BCUT2D eigenvalue weighted by molar-refractivity contribution is 6.43. The largest absolute Gasteiger partial charge is 0.273 e. The Balaban J connectivity index is 1.99. The number of hydrogen-bond donors (Lipinski definition) is 1. The quantitative estimate of drug-likeness (QED) is 0.656. The zero-order valence-corrected chi connectivity index (χ0v) is 9.92. The lowest BCUT2D eigenvalue weighted by Crippen LogP contribution is -2.18. The van der Waals surface area contributed by atoms with Gasteiger partial charge in [0.1, 0.15) is 0 Å². The van der Waals surface area contributed by atoms with Crippen LogP contribution < -0.4 is 5.43 Å². The second kappa shape index (κ2) is 4.85. The summed E-state index contributed by atoms with van der Waals surface area (Å²) in [6.07, 6.45) is 3.41. The summed E-state index contributed by atoms with van der Waals surface area (Å²) in [4.78, 5) is 11.3. The molecule has 1 saturated carbocycles. The van der Waals surface area contributed by atoms with Crippen LogP contribution in [0.15, 0.2) is 23.3 Å². The van der Waals surface area contributed by atoms with E-state index in [2.05, 4.69) is 10.5 Å². The van der Waals surface area contributed by atoms with Crippen LogP contribution in [0.5, 0.6) is 0 Å². The number of hydrogen-bond acceptors (Lipinski definition) is 2. The van der Waals surface area contributed by atoms with E-state index in [0.29, 0.717) is 15.6 Å². The number of hydrazone groups is 1. The van der Waals surface area contributed by atoms with Gasteiger partial charge in [0.2, 0.25) is 5.91 Å². The third kappa shape index (κ3) is 2.74. The molecule has 1 amide bonds. The Labute approximate surface area is 103 Å². The van der Waals surface area contributed by atoms with Crippen LogP contribution in [0.1, 0.15) is 18.4 Å². The molecular weight excluding hydrogens is 247 g/mol. The number of rotatable bonds is 3. The third-order valence-electron chi connectivity index (χ3n) is 2.31. The first-order chi connectivity index (χ1) is 7.68. The summed E-state index contributed by atoms with van der Waals surface area (Å²) in [5.74, 6) is 0.112. The second-order valence-electron chi connectivity index (χ2n) is 3.65. The van der Waals surface area contributed by atoms with Gasteiger partial charge in [-0.1, -0.05) is 35.3 Å². The zero-order valence-electron chi connectivity index (χ0n) is 8.41. The summed E-state index contributed by atoms with van der Waals surface area (Å²) in [7, 11) is 0. The van der Waals surface area contributed by atoms with Crippen molar-refractivity contribution in [1.29, 1.82) is 0 Å². The maximum atomic E-state index is 11.3. The highest BCUT2D eigenvalue weighted by atomic mass is 35.5. The lowest BCUT2D eigenvalue weighted by molar-refractivity contribution is -0.122. The Morgan fingerprint density at radius 1 is 1.44 bits per heavy atom. The molecule has 1 N–H and O–H groups in total. The molecule has 84 valence electrons. The molecule has 0 aromatic heterocycles. The van der Waals surface area contributed by atoms with E-state index < -0.39 is 0 Å². The predicted octanol–water partition coefficient (Wildman–Crippen LogP) is 2.85. The number of halogens is 2. The van der Waals surface area contributed by atoms with Crippen molar-refractivity contribution in [1.82, 2.24) is 5.43 Å². The minimum atomic E-state index is -0.0330. The standard InChI is InChI=1S/C11H10Cl2N2O/c12-9-3-1-2-8(10(9)13)6-14-15-11(16)7-4-5-7/h1-3,6-7H,4-5H2,(H,15,16). The van der Waals surface area contributed by atoms with Gasteiger partial charge in [0, 0.05) is 11.5 Å². The molecule has 0 bridgehead atoms. The molecule has 0 heterocycles. The van der Waals surface area contributed by atoms with Crippen molar-refractivity contribution in [3.8, 4) is 0 Å². The van der Waals surface area contributed by atoms with Crippen molar-refractivity contribution in [2.45, 2.75) is 12.8 Å². The summed E-state index contributed by atoms with van der Waals surface area (Å²) >= 11 is 11.8. The summed E-state index contributed by atoms with van der Waals surface area (Å²) in [5, 5.41) is 4.75. The monoisotopic (exact) mass is 256 g/mol. The van der Waals surface area contributed by atoms with Crippen LogP contribution in [0.25, 0.3) is 0 Å². The van der Waals surface area contributed by atoms with Gasteiger partial charge >= 0.3 is 0 Å². The van der Waals surface area contributed by atoms with Crippen molar-refractivity contribution < 1.29 is 4.79 Å². The van der Waals surface area contributed by atoms with Gasteiger partial charge in [-0.15, -0.1) is 0 Å². The van der Waals surface area contributed by atoms with Crippen molar-refractivity contribution in [3.63, 3.8) is 0 Å². The predicted molar refractivity (Wildman–Crippen MR) is 64.9 cm³/mol. The van der Waals surface area contributed by atoms with Crippen LogP contribution in [-0.4, -0.2) is 12.1 Å². The van der Waals surface area contributed by atoms with E-state index >= 15 is 0 Å². The average molecular weight is 257 g/mol. The fourth-order valence-electron chi connectivity index (χ4n) is 1.22. The van der Waals surface area contributed by atoms with E-state index in [9.17, 15) is 4.79 Å². The first kappa shape index (κ1) is 11.4. The molecule has 16 heavy (non-hydrogen) atoms. The minimum absolute atomic E-state index is 0.0330. The van der Waals surface area contributed by atoms with Gasteiger partial charge in [-0.3, -0.25) is 4.79 Å². The van der Waals surface area contributed by atoms with E-state index in [0.717, 1.165) is 12.8 Å². The number of benzene rings is 1. The minimum Gasteiger partial charge on any atom is -0.273 e. The lowest BCUT2D eigenvalue weighted by Gasteiger charge is -2.00. The molecule has 1 aromatic carbocycles. The Morgan fingerprint density at radius 3 is 2.88 bits per heavy atom. The molecule has 0 radical (unpaired) electrons. The third-order valence-corrected chi connectivity index (χ3v) is 3.14. The molecular formula is C11H10Cl2N2O. The molecule has 2 rings (SSSR count). The topological polar surface area (TPSA) is 41.5 Å². The van der Waals surface area contributed by atoms with E-state index in [4.69, 9.17) is 23.2 Å². The number of nitrogens with zero attached hydrogens (tertiary/aromatic N) is 1. The lowest BCUT2D eigenvalue weighted by atomic mass is 10.2. The van der Waals surface area contributed by atoms with Crippen LogP contribution in [0, 0.1) is 5.92 Å². The SMILES string of the molecule is O=C(NN=Cc1cccc(Cl)c1Cl)C1CC1. The maximum absolute atomic E-state index is 11.3. The molecule has 0 unspecified atom stereocenters. The van der Waals surface area contributed by atoms with Crippen LogP contribution in [-0.2, 0) is 4.79 Å². The highest BCUT2D eigenvalue weighted by Gasteiger charge is 2.29. The Kier molecular flexibility index (Phi) is 3.46. The fraction of sp³-hybridized carbons (Fsp3) is 0.273. The maximum Gasteiger partial charge on any atom is 0.243 e. The fourth-order valence-corrected chi connectivity index (χ4v) is 1.58. The second-order valence-corrected chi connectivity index (χ2v) is 4.44. The van der Waals surface area contributed by atoms with Crippen molar-refractivity contribution >= 4 is 35.3 Å². The van der Waals surface area contributed by atoms with Gasteiger partial charge in [-0.25, -0.2) is 5.43 Å². The van der Waals surface area contributed by atoms with Gasteiger partial charge in [0.15, 0.2) is 0 Å². The normalized spacial score (nSPS) is 15.4. The van der Waals surface area contributed by atoms with Crippen LogP contribution in [0.3, 0.4) is 0 Å². The van der Waals surface area contributed by atoms with Gasteiger partial charge < -0.3 is 0 Å². The van der Waals surface area contributed by atoms with Crippen molar-refractivity contribution in [2.75, 3.05) is 0 Å². The van der Waals surface area contributed by atoms with Gasteiger partial charge in [0.05, 0.1) is 16.3 Å². The average Bonchev–Trinajstić information content (AvgIpc) is 3.07. The molecule has 3 nitrogen and oxygen atoms in total. The Hall–Kier alpha value is -1.06. The molecule has 0 spiro atoms. The number of amides is 1. The molecule has 1 aliphatic carbocycles. The van der Waals surface area contributed by atoms with E-state index in [1.165, 1.54) is 6.21 Å². The molecule has 1 aromatic rings.